The largest absolute Gasteiger partial charge is 2.00 e. The molecule has 10 heteroatoms. The molecule has 0 radical (unpaired) electrons. The van der Waals surface area contributed by atoms with E-state index in [9.17, 15) is 4.57 Å². The third-order valence-electron chi connectivity index (χ3n) is 0.277. The van der Waals surface area contributed by atoms with E-state index in [1.54, 1.807) is 0 Å². The molecule has 1 aliphatic rings. The van der Waals surface area contributed by atoms with Crippen LogP contribution in [0.25, 0.3) is 0 Å². The van der Waals surface area contributed by atoms with E-state index in [0.717, 1.165) is 0 Å². The molecule has 1 rings (SSSR count). The van der Waals surface area contributed by atoms with Crippen LogP contribution in [0, 0.1) is 0 Å². The van der Waals surface area contributed by atoms with Crippen molar-refractivity contribution in [3.8, 4) is 0 Å². The van der Waals surface area contributed by atoms with Gasteiger partial charge in [-0.15, -0.1) is 0 Å². The monoisotopic (exact) mass is 254 g/mol. The van der Waals surface area contributed by atoms with E-state index in [2.05, 4.69) is 19.4 Å². The maximum atomic E-state index is 9.88. The molecule has 0 spiro atoms. The molecule has 1 saturated heterocycles. The quantitative estimate of drug-likeness (QED) is 0.355. The maximum Gasteiger partial charge on any atom is 2.00 e. The van der Waals surface area contributed by atoms with Gasteiger partial charge in [0.1, 0.15) is 0 Å². The van der Waals surface area contributed by atoms with Gasteiger partial charge in [-0.2, -0.15) is 0 Å². The van der Waals surface area contributed by atoms with Gasteiger partial charge < -0.3 is 8.56 Å². The molecule has 6 nitrogen and oxygen atoms in total. The summed E-state index contributed by atoms with van der Waals surface area (Å²) in [6, 6.07) is 0. The molecule has 0 amide bonds. The number of hydrogen-bond acceptors (Lipinski definition) is 5. The minimum Gasteiger partial charge on any atom is -1.00 e. The van der Waals surface area contributed by atoms with Crippen molar-refractivity contribution in [1.82, 2.24) is 0 Å². The predicted molar refractivity (Wildman–Crippen MR) is 38.1 cm³/mol. The van der Waals surface area contributed by atoms with E-state index in [4.69, 9.17) is 4.89 Å². The Kier molecular flexibility index (Phi) is 18.2. The summed E-state index contributed by atoms with van der Waals surface area (Å²) in [4.78, 5) is 8.06. The van der Waals surface area contributed by atoms with E-state index < -0.39 is 7.82 Å². The normalized spacial score (nSPS) is 19.7. The van der Waals surface area contributed by atoms with Gasteiger partial charge in [0.2, 0.25) is 0 Å². The van der Waals surface area contributed by atoms with Crippen LogP contribution < -0.4 is 0 Å². The minimum absolute atomic E-state index is 0. The zero-order valence-electron chi connectivity index (χ0n) is 11.1. The molecule has 0 bridgehead atoms. The fraction of sp³-hybridized carbons (Fsp3) is 0. The summed E-state index contributed by atoms with van der Waals surface area (Å²) < 4.78 is 16.9. The van der Waals surface area contributed by atoms with Gasteiger partial charge in [-0.1, -0.05) is 9.35 Å². The molecule has 0 unspecified atom stereocenters. The summed E-state index contributed by atoms with van der Waals surface area (Å²) in [5.74, 6) is 0. The van der Waals surface area contributed by atoms with Gasteiger partial charge in [-0.3, -0.25) is 4.89 Å². The summed E-state index contributed by atoms with van der Waals surface area (Å²) in [5, 5.41) is 6.85. The predicted octanol–water partition coefficient (Wildman–Crippen LogP) is -0.556. The molecular formula is H7Ca3O6P. The molecule has 54 valence electrons. The summed E-state index contributed by atoms with van der Waals surface area (Å²) in [7, 11) is -3.99. The van der Waals surface area contributed by atoms with Crippen LogP contribution in [0.2, 0.25) is 0 Å². The molecule has 0 aromatic rings. The third-order valence-corrected chi connectivity index (χ3v) is 0.776. The van der Waals surface area contributed by atoms with Crippen LogP contribution in [-0.2, 0) is 24.0 Å². The van der Waals surface area contributed by atoms with Gasteiger partial charge in [-0.25, -0.2) is 4.57 Å². The molecule has 1 N–H and O–H groups in total. The first-order valence-electron chi connectivity index (χ1n) is 1.25. The van der Waals surface area contributed by atoms with Gasteiger partial charge in [-0.05, 0) is 10.1 Å². The maximum absolute atomic E-state index is 9.88. The number of phosphoric acid groups is 1. The van der Waals surface area contributed by atoms with Crippen molar-refractivity contribution < 1.29 is 37.4 Å². The zero-order chi connectivity index (χ0) is 5.33. The molecule has 1 aliphatic heterocycles. The van der Waals surface area contributed by atoms with Crippen molar-refractivity contribution in [1.29, 1.82) is 0 Å². The fourth-order valence-corrected chi connectivity index (χ4v) is 0.343. The van der Waals surface area contributed by atoms with Gasteiger partial charge in [0, 0.05) is 0 Å². The van der Waals surface area contributed by atoms with Crippen molar-refractivity contribution >= 4 is 121 Å². The minimum atomic E-state index is -3.99. The molecule has 0 aromatic carbocycles. The van der Waals surface area contributed by atoms with Crippen LogP contribution in [0.3, 0.4) is 0 Å². The second kappa shape index (κ2) is 9.37. The summed E-state index contributed by atoms with van der Waals surface area (Å²) >= 11 is 0. The molecule has 0 atom stereocenters. The van der Waals surface area contributed by atoms with Gasteiger partial charge in [0.25, 0.3) is 0 Å². The zero-order valence-corrected chi connectivity index (χ0v) is 12.6. The Bertz CT molecular complexity index is 119. The molecule has 0 saturated carbocycles. The third kappa shape index (κ3) is 8.41. The van der Waals surface area contributed by atoms with E-state index in [1.165, 1.54) is 0 Å². The van der Waals surface area contributed by atoms with Crippen molar-refractivity contribution in [3.05, 3.63) is 0 Å². The Hall–Kier alpha value is 3.81. The van der Waals surface area contributed by atoms with Crippen LogP contribution in [0.4, 0.5) is 0 Å². The first-order valence-corrected chi connectivity index (χ1v) is 2.74. The SMILES string of the molecule is O=P1(O)OOOO1.[Ca+2].[Ca+2].[Ca+2].[H-].[H-].[H-].[H-].[H-].[H-]. The van der Waals surface area contributed by atoms with Crippen LogP contribution in [0.15, 0.2) is 0 Å². The van der Waals surface area contributed by atoms with Crippen LogP contribution in [0.5, 0.6) is 0 Å². The average Bonchev–Trinajstić information content (AvgIpc) is 1.84. The summed E-state index contributed by atoms with van der Waals surface area (Å²) in [5.41, 5.74) is 0. The molecule has 10 heavy (non-hydrogen) atoms. The van der Waals surface area contributed by atoms with E-state index in [1.807, 2.05) is 0 Å². The molecule has 1 heterocycles. The number of rotatable bonds is 0. The molecule has 1 fully saturated rings. The smallest absolute Gasteiger partial charge is 1.00 e. The first-order chi connectivity index (χ1) is 3.21. The van der Waals surface area contributed by atoms with Crippen LogP contribution >= 0.6 is 7.82 Å². The van der Waals surface area contributed by atoms with Gasteiger partial charge in [0.15, 0.2) is 0 Å². The van der Waals surface area contributed by atoms with E-state index in [-0.39, 0.29) is 122 Å². The Labute approximate surface area is 155 Å². The number of hydrogen-bond donors (Lipinski definition) is 1. The second-order valence-corrected chi connectivity index (χ2v) is 1.99. The van der Waals surface area contributed by atoms with Crippen molar-refractivity contribution in [2.75, 3.05) is 0 Å². The second-order valence-electron chi connectivity index (χ2n) is 0.754. The molecule has 0 aliphatic carbocycles. The summed E-state index contributed by atoms with van der Waals surface area (Å²) in [6.45, 7) is 0. The standard InChI is InChI=1S/3Ca.HO6P.6H/c;;;1-7(2)5-3-4-6-7;;;;;;/h;;;(H,1,2);;;;;;/q3*+2;;6*-1. The van der Waals surface area contributed by atoms with Crippen molar-refractivity contribution in [2.45, 2.75) is 0 Å². The first kappa shape index (κ1) is 19.4. The molecule has 0 aromatic heterocycles. The van der Waals surface area contributed by atoms with Crippen molar-refractivity contribution in [2.24, 2.45) is 0 Å². The van der Waals surface area contributed by atoms with Crippen molar-refractivity contribution in [3.63, 3.8) is 0 Å². The Morgan fingerprint density at radius 3 is 1.50 bits per heavy atom. The fourth-order valence-electron chi connectivity index (χ4n) is 0.114. The van der Waals surface area contributed by atoms with E-state index in [0.29, 0.717) is 0 Å². The summed E-state index contributed by atoms with van der Waals surface area (Å²) in [6.07, 6.45) is 0. The van der Waals surface area contributed by atoms with E-state index >= 15 is 0 Å². The van der Waals surface area contributed by atoms with Gasteiger partial charge in [0.05, 0.1) is 0 Å². The average molecular weight is 254 g/mol. The van der Waals surface area contributed by atoms with Gasteiger partial charge >= 0.3 is 121 Å². The molecular weight excluding hydrogens is 247 g/mol. The van der Waals surface area contributed by atoms with Crippen LogP contribution in [0.1, 0.15) is 8.56 Å². The topological polar surface area (TPSA) is 74.2 Å². The van der Waals surface area contributed by atoms with Crippen LogP contribution in [-0.4, -0.2) is 118 Å². The Morgan fingerprint density at radius 1 is 1.10 bits per heavy atom. The Morgan fingerprint density at radius 2 is 1.40 bits per heavy atom. The Balaban J connectivity index is -0.00000000778.